The molecular weight excluding hydrogens is 251 g/mol. The molecule has 1 aliphatic rings. The highest BCUT2D eigenvalue weighted by Crippen LogP contribution is 2.31. The van der Waals surface area contributed by atoms with Gasteiger partial charge in [-0.25, -0.2) is 4.39 Å². The van der Waals surface area contributed by atoms with Crippen LogP contribution in [0.15, 0.2) is 18.2 Å². The number of piperidine rings is 1. The van der Waals surface area contributed by atoms with Crippen LogP contribution >= 0.6 is 0 Å². The van der Waals surface area contributed by atoms with E-state index in [1.165, 1.54) is 24.9 Å². The zero-order valence-electron chi connectivity index (χ0n) is 13.0. The van der Waals surface area contributed by atoms with Gasteiger partial charge in [-0.1, -0.05) is 20.3 Å². The van der Waals surface area contributed by atoms with Crippen molar-refractivity contribution in [2.45, 2.75) is 46.1 Å². The van der Waals surface area contributed by atoms with Crippen molar-refractivity contribution in [3.05, 3.63) is 29.6 Å². The highest BCUT2D eigenvalue weighted by Gasteiger charge is 2.22. The number of benzene rings is 1. The minimum atomic E-state index is -0.141. The highest BCUT2D eigenvalue weighted by molar-refractivity contribution is 5.55. The molecule has 1 aliphatic heterocycles. The van der Waals surface area contributed by atoms with Gasteiger partial charge in [-0.3, -0.25) is 0 Å². The van der Waals surface area contributed by atoms with E-state index in [1.54, 1.807) is 12.1 Å². The molecule has 3 heteroatoms. The third kappa shape index (κ3) is 3.51. The lowest BCUT2D eigenvalue weighted by atomic mass is 9.94. The van der Waals surface area contributed by atoms with Gasteiger partial charge in [0, 0.05) is 24.8 Å². The van der Waals surface area contributed by atoms with Crippen molar-refractivity contribution in [3.63, 3.8) is 0 Å². The number of nitrogens with zero attached hydrogens (tertiary/aromatic N) is 1. The van der Waals surface area contributed by atoms with Crippen molar-refractivity contribution >= 4 is 5.69 Å². The molecule has 0 bridgehead atoms. The first-order valence-electron chi connectivity index (χ1n) is 7.93. The van der Waals surface area contributed by atoms with Crippen LogP contribution in [0.4, 0.5) is 10.1 Å². The van der Waals surface area contributed by atoms with Crippen molar-refractivity contribution in [3.8, 4) is 0 Å². The van der Waals surface area contributed by atoms with Crippen LogP contribution in [-0.4, -0.2) is 19.6 Å². The van der Waals surface area contributed by atoms with Crippen molar-refractivity contribution in [1.82, 2.24) is 5.32 Å². The summed E-state index contributed by atoms with van der Waals surface area (Å²) in [5.74, 6) is 0.633. The maximum atomic E-state index is 13.6. The highest BCUT2D eigenvalue weighted by atomic mass is 19.1. The summed E-state index contributed by atoms with van der Waals surface area (Å²) in [7, 11) is 0. The SMILES string of the molecule is CCNC(C)c1cc(F)ccc1N1CCCC(CC)C1. The number of hydrogen-bond donors (Lipinski definition) is 1. The molecule has 1 N–H and O–H groups in total. The van der Waals surface area contributed by atoms with E-state index >= 15 is 0 Å². The Morgan fingerprint density at radius 3 is 2.90 bits per heavy atom. The van der Waals surface area contributed by atoms with E-state index in [2.05, 4.69) is 31.0 Å². The van der Waals surface area contributed by atoms with Crippen LogP contribution in [0.25, 0.3) is 0 Å². The molecule has 1 aromatic carbocycles. The molecule has 2 rings (SSSR count). The molecule has 0 saturated carbocycles. The van der Waals surface area contributed by atoms with Crippen LogP contribution in [-0.2, 0) is 0 Å². The molecular formula is C17H27FN2. The monoisotopic (exact) mass is 278 g/mol. The van der Waals surface area contributed by atoms with Gasteiger partial charge >= 0.3 is 0 Å². The van der Waals surface area contributed by atoms with Crippen LogP contribution in [0, 0.1) is 11.7 Å². The molecule has 0 amide bonds. The Hall–Kier alpha value is -1.09. The smallest absolute Gasteiger partial charge is 0.123 e. The molecule has 0 spiro atoms. The predicted molar refractivity (Wildman–Crippen MR) is 83.7 cm³/mol. The van der Waals surface area contributed by atoms with E-state index in [0.29, 0.717) is 0 Å². The van der Waals surface area contributed by atoms with E-state index in [-0.39, 0.29) is 11.9 Å². The molecule has 1 saturated heterocycles. The van der Waals surface area contributed by atoms with Crippen molar-refractivity contribution in [1.29, 1.82) is 0 Å². The zero-order chi connectivity index (χ0) is 14.5. The maximum Gasteiger partial charge on any atom is 0.123 e. The lowest BCUT2D eigenvalue weighted by molar-refractivity contribution is 0.403. The van der Waals surface area contributed by atoms with E-state index in [1.807, 2.05) is 6.07 Å². The lowest BCUT2D eigenvalue weighted by Crippen LogP contribution is -2.36. The second-order valence-electron chi connectivity index (χ2n) is 5.85. The summed E-state index contributed by atoms with van der Waals surface area (Å²) in [4.78, 5) is 2.44. The molecule has 2 unspecified atom stereocenters. The van der Waals surface area contributed by atoms with Gasteiger partial charge in [0.25, 0.3) is 0 Å². The summed E-state index contributed by atoms with van der Waals surface area (Å²) < 4.78 is 13.6. The molecule has 0 aliphatic carbocycles. The molecule has 2 atom stereocenters. The molecule has 2 nitrogen and oxygen atoms in total. The van der Waals surface area contributed by atoms with E-state index < -0.39 is 0 Å². The number of nitrogens with one attached hydrogen (secondary N) is 1. The van der Waals surface area contributed by atoms with Crippen LogP contribution < -0.4 is 10.2 Å². The zero-order valence-corrected chi connectivity index (χ0v) is 13.0. The fourth-order valence-corrected chi connectivity index (χ4v) is 3.19. The van der Waals surface area contributed by atoms with Gasteiger partial charge in [-0.15, -0.1) is 0 Å². The Morgan fingerprint density at radius 1 is 1.40 bits per heavy atom. The number of hydrogen-bond acceptors (Lipinski definition) is 2. The summed E-state index contributed by atoms with van der Waals surface area (Å²) >= 11 is 0. The number of anilines is 1. The normalized spacial score (nSPS) is 21.0. The Kier molecular flexibility index (Phi) is 5.41. The molecule has 0 aromatic heterocycles. The third-order valence-electron chi connectivity index (χ3n) is 4.40. The molecule has 20 heavy (non-hydrogen) atoms. The van der Waals surface area contributed by atoms with Crippen molar-refractivity contribution in [2.75, 3.05) is 24.5 Å². The summed E-state index contributed by atoms with van der Waals surface area (Å²) in [5.41, 5.74) is 2.29. The number of rotatable bonds is 5. The van der Waals surface area contributed by atoms with E-state index in [9.17, 15) is 4.39 Å². The Labute approximate surface area is 122 Å². The van der Waals surface area contributed by atoms with Gasteiger partial charge in [-0.05, 0) is 56.0 Å². The van der Waals surface area contributed by atoms with Gasteiger partial charge < -0.3 is 10.2 Å². The summed E-state index contributed by atoms with van der Waals surface area (Å²) in [6.45, 7) is 9.56. The minimum absolute atomic E-state index is 0.141. The van der Waals surface area contributed by atoms with Crippen LogP contribution in [0.3, 0.4) is 0 Å². The van der Waals surface area contributed by atoms with E-state index in [0.717, 1.165) is 31.1 Å². The standard InChI is InChI=1S/C17H27FN2/c1-4-14-7-6-10-20(12-14)17-9-8-15(18)11-16(17)13(3)19-5-2/h8-9,11,13-14,19H,4-7,10,12H2,1-3H3. The second kappa shape index (κ2) is 7.07. The van der Waals surface area contributed by atoms with Gasteiger partial charge in [0.1, 0.15) is 5.82 Å². The third-order valence-corrected chi connectivity index (χ3v) is 4.40. The van der Waals surface area contributed by atoms with Gasteiger partial charge in [0.05, 0.1) is 0 Å². The largest absolute Gasteiger partial charge is 0.371 e. The van der Waals surface area contributed by atoms with Crippen molar-refractivity contribution in [2.24, 2.45) is 5.92 Å². The summed E-state index contributed by atoms with van der Waals surface area (Å²) in [6.07, 6.45) is 3.80. The average molecular weight is 278 g/mol. The first-order valence-corrected chi connectivity index (χ1v) is 7.93. The van der Waals surface area contributed by atoms with Gasteiger partial charge in [-0.2, -0.15) is 0 Å². The maximum absolute atomic E-state index is 13.6. The average Bonchev–Trinajstić information content (AvgIpc) is 2.47. The van der Waals surface area contributed by atoms with Crippen LogP contribution in [0.2, 0.25) is 0 Å². The summed E-state index contributed by atoms with van der Waals surface area (Å²) in [5, 5.41) is 3.40. The van der Waals surface area contributed by atoms with E-state index in [4.69, 9.17) is 0 Å². The predicted octanol–water partition coefficient (Wildman–Crippen LogP) is 4.12. The fourth-order valence-electron chi connectivity index (χ4n) is 3.19. The minimum Gasteiger partial charge on any atom is -0.371 e. The van der Waals surface area contributed by atoms with Gasteiger partial charge in [0.2, 0.25) is 0 Å². The van der Waals surface area contributed by atoms with Crippen LogP contribution in [0.1, 0.15) is 51.6 Å². The van der Waals surface area contributed by atoms with Gasteiger partial charge in [0.15, 0.2) is 0 Å². The summed E-state index contributed by atoms with van der Waals surface area (Å²) in [6, 6.07) is 5.43. The fraction of sp³-hybridized carbons (Fsp3) is 0.647. The molecule has 0 radical (unpaired) electrons. The lowest BCUT2D eigenvalue weighted by Gasteiger charge is -2.36. The quantitative estimate of drug-likeness (QED) is 0.871. The second-order valence-corrected chi connectivity index (χ2v) is 5.85. The first kappa shape index (κ1) is 15.3. The number of halogens is 1. The molecule has 112 valence electrons. The Morgan fingerprint density at radius 2 is 2.20 bits per heavy atom. The van der Waals surface area contributed by atoms with Crippen LogP contribution in [0.5, 0.6) is 0 Å². The molecule has 1 heterocycles. The van der Waals surface area contributed by atoms with Crippen molar-refractivity contribution < 1.29 is 4.39 Å². The topological polar surface area (TPSA) is 15.3 Å². The molecule has 1 aromatic rings. The Balaban J connectivity index is 2.25. The Bertz CT molecular complexity index is 433. The first-order chi connectivity index (χ1) is 9.65. The molecule has 1 fully saturated rings.